The molecule has 64 valence electrons. The van der Waals surface area contributed by atoms with Crippen LogP contribution in [0.3, 0.4) is 0 Å². The second-order valence-corrected chi connectivity index (χ2v) is 2.99. The Labute approximate surface area is 75.6 Å². The van der Waals surface area contributed by atoms with Gasteiger partial charge in [-0.3, -0.25) is 0 Å². The highest BCUT2D eigenvalue weighted by atomic mass is 16.5. The van der Waals surface area contributed by atoms with Crippen molar-refractivity contribution < 1.29 is 4.74 Å². The number of fused-ring (bicyclic) bond motifs is 3. The SMILES string of the molecule is c1ccc2c(c1)OCc1ccnn1-2. The van der Waals surface area contributed by atoms with Gasteiger partial charge in [-0.15, -0.1) is 0 Å². The first-order valence-corrected chi connectivity index (χ1v) is 4.20. The van der Waals surface area contributed by atoms with Gasteiger partial charge in [-0.25, -0.2) is 4.68 Å². The summed E-state index contributed by atoms with van der Waals surface area (Å²) < 4.78 is 7.46. The molecule has 0 saturated carbocycles. The summed E-state index contributed by atoms with van der Waals surface area (Å²) in [5.74, 6) is 0.902. The molecular weight excluding hydrogens is 164 g/mol. The number of ether oxygens (including phenoxy) is 1. The van der Waals surface area contributed by atoms with E-state index in [0.29, 0.717) is 6.61 Å². The maximum atomic E-state index is 5.55. The molecule has 1 aliphatic rings. The second kappa shape index (κ2) is 2.36. The van der Waals surface area contributed by atoms with Crippen molar-refractivity contribution in [1.29, 1.82) is 0 Å². The summed E-state index contributed by atoms with van der Waals surface area (Å²) in [5.41, 5.74) is 2.12. The van der Waals surface area contributed by atoms with Gasteiger partial charge in [0.25, 0.3) is 0 Å². The van der Waals surface area contributed by atoms with Crippen LogP contribution in [0.15, 0.2) is 36.5 Å². The predicted molar refractivity (Wildman–Crippen MR) is 47.9 cm³/mol. The van der Waals surface area contributed by atoms with Gasteiger partial charge in [-0.2, -0.15) is 5.10 Å². The Kier molecular flexibility index (Phi) is 1.22. The summed E-state index contributed by atoms with van der Waals surface area (Å²) in [4.78, 5) is 0. The zero-order valence-electron chi connectivity index (χ0n) is 6.97. The number of benzene rings is 1. The summed E-state index contributed by atoms with van der Waals surface area (Å²) in [6, 6.07) is 9.88. The second-order valence-electron chi connectivity index (χ2n) is 2.99. The van der Waals surface area contributed by atoms with Gasteiger partial charge >= 0.3 is 0 Å². The van der Waals surface area contributed by atoms with Gasteiger partial charge in [0.1, 0.15) is 18.0 Å². The largest absolute Gasteiger partial charge is 0.485 e. The van der Waals surface area contributed by atoms with Crippen molar-refractivity contribution >= 4 is 0 Å². The first-order chi connectivity index (χ1) is 6.45. The molecule has 1 aromatic heterocycles. The number of hydrogen-bond donors (Lipinski definition) is 0. The Hall–Kier alpha value is -1.77. The number of para-hydroxylation sites is 2. The molecule has 0 bridgehead atoms. The van der Waals surface area contributed by atoms with Crippen molar-refractivity contribution in [1.82, 2.24) is 9.78 Å². The van der Waals surface area contributed by atoms with Crippen LogP contribution in [-0.4, -0.2) is 9.78 Å². The van der Waals surface area contributed by atoms with E-state index in [-0.39, 0.29) is 0 Å². The molecule has 0 atom stereocenters. The van der Waals surface area contributed by atoms with Crippen molar-refractivity contribution in [3.05, 3.63) is 42.2 Å². The minimum Gasteiger partial charge on any atom is -0.485 e. The normalized spacial score (nSPS) is 12.9. The van der Waals surface area contributed by atoms with E-state index < -0.39 is 0 Å². The number of aromatic nitrogens is 2. The zero-order valence-corrected chi connectivity index (χ0v) is 6.97. The first kappa shape index (κ1) is 6.71. The Morgan fingerprint density at radius 2 is 2.15 bits per heavy atom. The van der Waals surface area contributed by atoms with Crippen molar-refractivity contribution in [2.45, 2.75) is 6.61 Å². The van der Waals surface area contributed by atoms with Gasteiger partial charge in [0.2, 0.25) is 0 Å². The van der Waals surface area contributed by atoms with Crippen LogP contribution in [0.5, 0.6) is 5.75 Å². The van der Waals surface area contributed by atoms with Crippen molar-refractivity contribution in [3.8, 4) is 11.4 Å². The minimum atomic E-state index is 0.608. The Balaban J connectivity index is 2.30. The summed E-state index contributed by atoms with van der Waals surface area (Å²) >= 11 is 0. The fraction of sp³-hybridized carbons (Fsp3) is 0.100. The standard InChI is InChI=1S/C10H8N2O/c1-2-4-10-9(3-1)12-8(7-13-10)5-6-11-12/h1-6H,7H2. The molecule has 2 heterocycles. The lowest BCUT2D eigenvalue weighted by atomic mass is 10.2. The zero-order chi connectivity index (χ0) is 8.67. The van der Waals surface area contributed by atoms with Crippen molar-refractivity contribution in [2.75, 3.05) is 0 Å². The summed E-state index contributed by atoms with van der Waals surface area (Å²) in [6.45, 7) is 0.608. The van der Waals surface area contributed by atoms with Crippen molar-refractivity contribution in [3.63, 3.8) is 0 Å². The van der Waals surface area contributed by atoms with E-state index in [0.717, 1.165) is 17.1 Å². The predicted octanol–water partition coefficient (Wildman–Crippen LogP) is 1.76. The summed E-state index contributed by atoms with van der Waals surface area (Å²) in [7, 11) is 0. The van der Waals surface area contributed by atoms with Gasteiger partial charge in [0.05, 0.1) is 5.69 Å². The topological polar surface area (TPSA) is 27.1 Å². The van der Waals surface area contributed by atoms with E-state index in [1.807, 2.05) is 35.0 Å². The van der Waals surface area contributed by atoms with E-state index in [2.05, 4.69) is 5.10 Å². The monoisotopic (exact) mass is 172 g/mol. The maximum absolute atomic E-state index is 5.55. The molecule has 0 aliphatic carbocycles. The first-order valence-electron chi connectivity index (χ1n) is 4.20. The quantitative estimate of drug-likeness (QED) is 0.605. The fourth-order valence-corrected chi connectivity index (χ4v) is 1.56. The Morgan fingerprint density at radius 3 is 3.15 bits per heavy atom. The Morgan fingerprint density at radius 1 is 1.23 bits per heavy atom. The van der Waals surface area contributed by atoms with Crippen LogP contribution < -0.4 is 4.74 Å². The van der Waals surface area contributed by atoms with Crippen LogP contribution in [0.25, 0.3) is 5.69 Å². The maximum Gasteiger partial charge on any atom is 0.145 e. The molecule has 0 N–H and O–H groups in total. The van der Waals surface area contributed by atoms with Gasteiger partial charge < -0.3 is 4.74 Å². The molecule has 0 amide bonds. The summed E-state index contributed by atoms with van der Waals surface area (Å²) in [5, 5.41) is 4.23. The fourth-order valence-electron chi connectivity index (χ4n) is 1.56. The third kappa shape index (κ3) is 0.869. The van der Waals surface area contributed by atoms with E-state index in [1.165, 1.54) is 0 Å². The van der Waals surface area contributed by atoms with Crippen LogP contribution in [0.2, 0.25) is 0 Å². The molecule has 0 spiro atoms. The van der Waals surface area contributed by atoms with Gasteiger partial charge in [-0.1, -0.05) is 12.1 Å². The van der Waals surface area contributed by atoms with Crippen LogP contribution >= 0.6 is 0 Å². The highest BCUT2D eigenvalue weighted by Crippen LogP contribution is 2.27. The highest BCUT2D eigenvalue weighted by Gasteiger charge is 2.15. The molecule has 3 heteroatoms. The smallest absolute Gasteiger partial charge is 0.145 e. The third-order valence-corrected chi connectivity index (χ3v) is 2.19. The molecule has 0 radical (unpaired) electrons. The molecule has 3 rings (SSSR count). The van der Waals surface area contributed by atoms with E-state index in [4.69, 9.17) is 4.74 Å². The average Bonchev–Trinajstić information content (AvgIpc) is 2.65. The molecule has 13 heavy (non-hydrogen) atoms. The molecule has 1 aliphatic heterocycles. The number of nitrogens with zero attached hydrogens (tertiary/aromatic N) is 2. The lowest BCUT2D eigenvalue weighted by molar-refractivity contribution is 0.281. The molecule has 0 saturated heterocycles. The van der Waals surface area contributed by atoms with E-state index >= 15 is 0 Å². The molecule has 0 fully saturated rings. The minimum absolute atomic E-state index is 0.608. The van der Waals surface area contributed by atoms with Gasteiger partial charge in [0.15, 0.2) is 0 Å². The van der Waals surface area contributed by atoms with Crippen molar-refractivity contribution in [2.24, 2.45) is 0 Å². The molecule has 0 unspecified atom stereocenters. The van der Waals surface area contributed by atoms with Gasteiger partial charge in [-0.05, 0) is 18.2 Å². The average molecular weight is 172 g/mol. The van der Waals surface area contributed by atoms with Crippen LogP contribution in [-0.2, 0) is 6.61 Å². The molecule has 2 aromatic rings. The lowest BCUT2D eigenvalue weighted by Gasteiger charge is -2.18. The molecular formula is C10H8N2O. The molecule has 1 aromatic carbocycles. The third-order valence-electron chi connectivity index (χ3n) is 2.19. The van der Waals surface area contributed by atoms with Gasteiger partial charge in [0, 0.05) is 6.20 Å². The lowest BCUT2D eigenvalue weighted by Crippen LogP contribution is -2.12. The van der Waals surface area contributed by atoms with E-state index in [9.17, 15) is 0 Å². The highest BCUT2D eigenvalue weighted by molar-refractivity contribution is 5.48. The van der Waals surface area contributed by atoms with Crippen LogP contribution in [0.4, 0.5) is 0 Å². The van der Waals surface area contributed by atoms with Crippen LogP contribution in [0.1, 0.15) is 5.69 Å². The van der Waals surface area contributed by atoms with E-state index in [1.54, 1.807) is 6.20 Å². The summed E-state index contributed by atoms with van der Waals surface area (Å²) in [6.07, 6.45) is 1.79. The Bertz CT molecular complexity index is 448. The number of hydrogen-bond acceptors (Lipinski definition) is 2. The number of rotatable bonds is 0. The van der Waals surface area contributed by atoms with Crippen LogP contribution in [0, 0.1) is 0 Å². The molecule has 3 nitrogen and oxygen atoms in total.